The summed E-state index contributed by atoms with van der Waals surface area (Å²) in [5, 5.41) is 3.25. The number of rotatable bonds is 4. The van der Waals surface area contributed by atoms with Crippen molar-refractivity contribution in [2.24, 2.45) is 4.99 Å². The summed E-state index contributed by atoms with van der Waals surface area (Å²) in [7, 11) is 0. The highest BCUT2D eigenvalue weighted by Gasteiger charge is 2.23. The summed E-state index contributed by atoms with van der Waals surface area (Å²) < 4.78 is 11.5. The summed E-state index contributed by atoms with van der Waals surface area (Å²) in [5.41, 5.74) is 8.87. The standard InChI is InChI=1S/C23H23N7O2/c24-20-26-21(28-22(27-20)30-11-13-31-14-12-30)29-23-25-18(16-7-3-1-4-8-16)15-19(32-23)17-9-5-2-6-10-17/h1-10,15,19H,11-14H2,(H3,24,25,26,27,28,29). The maximum Gasteiger partial charge on any atom is 0.298 e. The lowest BCUT2D eigenvalue weighted by molar-refractivity contribution is 0.122. The average Bonchev–Trinajstić information content (AvgIpc) is 2.85. The number of hydrogen-bond donors (Lipinski definition) is 2. The minimum atomic E-state index is -0.315. The van der Waals surface area contributed by atoms with Crippen LogP contribution in [0, 0.1) is 0 Å². The minimum Gasteiger partial charge on any atom is -0.452 e. The fraction of sp³-hybridized carbons (Fsp3) is 0.217. The summed E-state index contributed by atoms with van der Waals surface area (Å²) >= 11 is 0. The van der Waals surface area contributed by atoms with E-state index < -0.39 is 0 Å². The van der Waals surface area contributed by atoms with Gasteiger partial charge in [0.25, 0.3) is 12.0 Å². The Bertz CT molecular complexity index is 1130. The molecule has 9 heteroatoms. The highest BCUT2D eigenvalue weighted by Crippen LogP contribution is 2.28. The maximum atomic E-state index is 6.14. The molecule has 2 aliphatic rings. The summed E-state index contributed by atoms with van der Waals surface area (Å²) in [6, 6.07) is 20.3. The van der Waals surface area contributed by atoms with Crippen LogP contribution in [0.5, 0.6) is 0 Å². The normalized spacial score (nSPS) is 19.8. The van der Waals surface area contributed by atoms with Gasteiger partial charge in [-0.3, -0.25) is 0 Å². The number of benzene rings is 2. The molecular weight excluding hydrogens is 406 g/mol. The molecule has 5 rings (SSSR count). The van der Waals surface area contributed by atoms with Crippen molar-refractivity contribution in [3.05, 3.63) is 77.9 Å². The van der Waals surface area contributed by atoms with Gasteiger partial charge in [0.1, 0.15) is 6.10 Å². The van der Waals surface area contributed by atoms with Gasteiger partial charge in [0.05, 0.1) is 13.2 Å². The maximum absolute atomic E-state index is 6.14. The third kappa shape index (κ3) is 4.52. The van der Waals surface area contributed by atoms with Gasteiger partial charge in [-0.1, -0.05) is 60.7 Å². The number of nitrogen functional groups attached to an aromatic ring is 1. The van der Waals surface area contributed by atoms with E-state index >= 15 is 0 Å². The van der Waals surface area contributed by atoms with Crippen molar-refractivity contribution >= 4 is 29.6 Å². The molecule has 9 nitrogen and oxygen atoms in total. The van der Waals surface area contributed by atoms with Gasteiger partial charge in [-0.25, -0.2) is 0 Å². The van der Waals surface area contributed by atoms with Gasteiger partial charge in [-0.15, -0.1) is 0 Å². The highest BCUT2D eigenvalue weighted by atomic mass is 16.5. The van der Waals surface area contributed by atoms with E-state index in [1.165, 1.54) is 0 Å². The van der Waals surface area contributed by atoms with E-state index in [0.29, 0.717) is 38.3 Å². The molecule has 162 valence electrons. The predicted octanol–water partition coefficient (Wildman–Crippen LogP) is 2.68. The predicted molar refractivity (Wildman–Crippen MR) is 122 cm³/mol. The van der Waals surface area contributed by atoms with Crippen molar-refractivity contribution in [2.75, 3.05) is 36.9 Å². The molecule has 1 unspecified atom stereocenters. The van der Waals surface area contributed by atoms with E-state index in [0.717, 1.165) is 16.8 Å². The van der Waals surface area contributed by atoms with Crippen molar-refractivity contribution in [1.82, 2.24) is 20.3 Å². The number of aliphatic imine (C=N–C) groups is 1. The third-order valence-electron chi connectivity index (χ3n) is 5.14. The molecule has 3 aromatic rings. The molecule has 1 aromatic heterocycles. The number of morpholine rings is 1. The first-order valence-electron chi connectivity index (χ1n) is 10.4. The SMILES string of the molecule is Nc1nc(/N=C2\NC(c3ccccc3)=CC(c3ccccc3)O2)nc(N2CCOCC2)n1. The number of nitrogens with zero attached hydrogens (tertiary/aromatic N) is 5. The zero-order valence-electron chi connectivity index (χ0n) is 17.4. The summed E-state index contributed by atoms with van der Waals surface area (Å²) in [4.78, 5) is 19.5. The monoisotopic (exact) mass is 429 g/mol. The fourth-order valence-corrected chi connectivity index (χ4v) is 3.55. The number of aromatic nitrogens is 3. The van der Waals surface area contributed by atoms with E-state index in [1.54, 1.807) is 0 Å². The summed E-state index contributed by atoms with van der Waals surface area (Å²) in [5.74, 6) is 0.770. The lowest BCUT2D eigenvalue weighted by atomic mass is 10.0. The van der Waals surface area contributed by atoms with Crippen LogP contribution in [-0.2, 0) is 9.47 Å². The molecule has 32 heavy (non-hydrogen) atoms. The highest BCUT2D eigenvalue weighted by molar-refractivity contribution is 5.88. The second kappa shape index (κ2) is 9.03. The van der Waals surface area contributed by atoms with Gasteiger partial charge >= 0.3 is 0 Å². The van der Waals surface area contributed by atoms with Crippen LogP contribution in [-0.4, -0.2) is 47.3 Å². The van der Waals surface area contributed by atoms with Gasteiger partial charge in [-0.2, -0.15) is 19.9 Å². The van der Waals surface area contributed by atoms with Gasteiger partial charge in [0.15, 0.2) is 0 Å². The van der Waals surface area contributed by atoms with Crippen molar-refractivity contribution in [3.63, 3.8) is 0 Å². The molecule has 1 fully saturated rings. The second-order valence-corrected chi connectivity index (χ2v) is 7.33. The van der Waals surface area contributed by atoms with Crippen LogP contribution in [0.1, 0.15) is 17.2 Å². The molecule has 0 bridgehead atoms. The molecule has 0 amide bonds. The largest absolute Gasteiger partial charge is 0.452 e. The van der Waals surface area contributed by atoms with E-state index in [1.807, 2.05) is 71.6 Å². The van der Waals surface area contributed by atoms with Crippen LogP contribution in [0.2, 0.25) is 0 Å². The molecule has 3 heterocycles. The smallest absolute Gasteiger partial charge is 0.298 e. The number of hydrogen-bond acceptors (Lipinski definition) is 8. The molecule has 0 aliphatic carbocycles. The Kier molecular flexibility index (Phi) is 5.63. The van der Waals surface area contributed by atoms with Crippen LogP contribution >= 0.6 is 0 Å². The Morgan fingerprint density at radius 3 is 2.41 bits per heavy atom. The van der Waals surface area contributed by atoms with E-state index in [9.17, 15) is 0 Å². The number of nitrogens with two attached hydrogens (primary N) is 1. The lowest BCUT2D eigenvalue weighted by Crippen LogP contribution is -2.37. The quantitative estimate of drug-likeness (QED) is 0.651. The number of amidine groups is 1. The van der Waals surface area contributed by atoms with E-state index in [-0.39, 0.29) is 18.0 Å². The molecule has 2 aromatic carbocycles. The Hall–Kier alpha value is -3.98. The first-order valence-corrected chi connectivity index (χ1v) is 10.4. The van der Waals surface area contributed by atoms with Crippen molar-refractivity contribution in [2.45, 2.75) is 6.10 Å². The lowest BCUT2D eigenvalue weighted by Gasteiger charge is -2.27. The number of ether oxygens (including phenoxy) is 2. The first-order chi connectivity index (χ1) is 15.7. The minimum absolute atomic E-state index is 0.107. The topological polar surface area (TPSA) is 111 Å². The summed E-state index contributed by atoms with van der Waals surface area (Å²) in [6.07, 6.45) is 1.72. The van der Waals surface area contributed by atoms with Crippen LogP contribution in [0.4, 0.5) is 17.8 Å². The molecule has 3 N–H and O–H groups in total. The van der Waals surface area contributed by atoms with Crippen LogP contribution < -0.4 is 16.0 Å². The molecule has 0 spiro atoms. The summed E-state index contributed by atoms with van der Waals surface area (Å²) in [6.45, 7) is 2.60. The van der Waals surface area contributed by atoms with Crippen molar-refractivity contribution < 1.29 is 9.47 Å². The van der Waals surface area contributed by atoms with E-state index in [4.69, 9.17) is 15.2 Å². The van der Waals surface area contributed by atoms with Gasteiger partial charge in [0.2, 0.25) is 11.9 Å². The fourth-order valence-electron chi connectivity index (χ4n) is 3.55. The van der Waals surface area contributed by atoms with Gasteiger partial charge in [0, 0.05) is 18.8 Å². The molecular formula is C23H23N7O2. The molecule has 1 atom stereocenters. The van der Waals surface area contributed by atoms with Crippen molar-refractivity contribution in [3.8, 4) is 0 Å². The first kappa shape index (κ1) is 20.0. The number of anilines is 2. The average molecular weight is 429 g/mol. The third-order valence-corrected chi connectivity index (χ3v) is 5.14. The van der Waals surface area contributed by atoms with Crippen molar-refractivity contribution in [1.29, 1.82) is 0 Å². The number of nitrogens with one attached hydrogen (secondary N) is 1. The van der Waals surface area contributed by atoms with Gasteiger partial charge < -0.3 is 25.4 Å². The molecule has 0 saturated carbocycles. The molecule has 1 saturated heterocycles. The van der Waals surface area contributed by atoms with Crippen LogP contribution in [0.15, 0.2) is 71.7 Å². The second-order valence-electron chi connectivity index (χ2n) is 7.33. The Morgan fingerprint density at radius 2 is 1.66 bits per heavy atom. The Morgan fingerprint density at radius 1 is 0.938 bits per heavy atom. The zero-order chi connectivity index (χ0) is 21.8. The van der Waals surface area contributed by atoms with Crippen LogP contribution in [0.3, 0.4) is 0 Å². The molecule has 0 radical (unpaired) electrons. The Balaban J connectivity index is 1.49. The zero-order valence-corrected chi connectivity index (χ0v) is 17.4. The Labute approximate surface area is 185 Å². The van der Waals surface area contributed by atoms with E-state index in [2.05, 4.69) is 25.3 Å². The molecule has 2 aliphatic heterocycles. The van der Waals surface area contributed by atoms with Gasteiger partial charge in [-0.05, 0) is 17.2 Å². The van der Waals surface area contributed by atoms with Crippen LogP contribution in [0.25, 0.3) is 5.70 Å².